The lowest BCUT2D eigenvalue weighted by molar-refractivity contribution is -0.155. The zero-order valence-corrected chi connectivity index (χ0v) is 12.3. The maximum atomic E-state index is 12.0. The Balaban J connectivity index is 2.44. The molecule has 0 aliphatic carbocycles. The van der Waals surface area contributed by atoms with Crippen LogP contribution in [0.5, 0.6) is 0 Å². The number of hydrogen-bond donors (Lipinski definition) is 1. The van der Waals surface area contributed by atoms with Gasteiger partial charge >= 0.3 is 11.9 Å². The van der Waals surface area contributed by atoms with Gasteiger partial charge in [0.25, 0.3) is 0 Å². The molecule has 0 saturated carbocycles. The quantitative estimate of drug-likeness (QED) is 0.700. The van der Waals surface area contributed by atoms with Gasteiger partial charge in [0.1, 0.15) is 5.71 Å². The second kappa shape index (κ2) is 8.51. The van der Waals surface area contributed by atoms with Crippen molar-refractivity contribution in [3.05, 3.63) is 0 Å². The maximum Gasteiger partial charge on any atom is 0.341 e. The van der Waals surface area contributed by atoms with Gasteiger partial charge in [-0.3, -0.25) is 15.0 Å². The van der Waals surface area contributed by atoms with Crippen LogP contribution < -0.4 is 0 Å². The average molecular weight is 299 g/mol. The van der Waals surface area contributed by atoms with Crippen molar-refractivity contribution in [3.8, 4) is 0 Å². The van der Waals surface area contributed by atoms with Gasteiger partial charge < -0.3 is 14.2 Å². The van der Waals surface area contributed by atoms with Gasteiger partial charge in [-0.05, 0) is 26.7 Å². The fourth-order valence-electron chi connectivity index (χ4n) is 2.06. The summed E-state index contributed by atoms with van der Waals surface area (Å²) in [6, 6.07) is 0. The van der Waals surface area contributed by atoms with Crippen LogP contribution in [0.15, 0.2) is 0 Å². The van der Waals surface area contributed by atoms with Gasteiger partial charge in [-0.25, -0.2) is 4.79 Å². The third-order valence-corrected chi connectivity index (χ3v) is 3.10. The van der Waals surface area contributed by atoms with E-state index in [1.54, 1.807) is 13.8 Å². The fraction of sp³-hybridized carbons (Fsp3) is 0.714. The van der Waals surface area contributed by atoms with Crippen LogP contribution in [0.2, 0.25) is 0 Å². The molecule has 1 fully saturated rings. The normalized spacial score (nSPS) is 22.0. The first-order valence-corrected chi connectivity index (χ1v) is 7.07. The number of carbonyl (C=O) groups excluding carboxylic acids is 3. The molecule has 1 N–H and O–H groups in total. The first kappa shape index (κ1) is 17.3. The molecule has 0 bridgehead atoms. The van der Waals surface area contributed by atoms with E-state index in [1.807, 2.05) is 0 Å². The molecule has 1 heterocycles. The van der Waals surface area contributed by atoms with Crippen molar-refractivity contribution in [2.45, 2.75) is 39.2 Å². The first-order chi connectivity index (χ1) is 10.0. The molecule has 0 amide bonds. The summed E-state index contributed by atoms with van der Waals surface area (Å²) in [5.41, 5.74) is -0.374. The predicted octanol–water partition coefficient (Wildman–Crippen LogP) is 0.887. The average Bonchev–Trinajstić information content (AvgIpc) is 2.44. The molecule has 1 saturated heterocycles. The van der Waals surface area contributed by atoms with Gasteiger partial charge in [-0.15, -0.1) is 0 Å². The van der Waals surface area contributed by atoms with Crippen LogP contribution in [0.1, 0.15) is 33.1 Å². The summed E-state index contributed by atoms with van der Waals surface area (Å²) in [7, 11) is 0. The standard InChI is InChI=1S/C14H21NO6/c1-3-19-10(16)7-5-6-9-8-21-13(11(15)12(9)17)14(18)20-4-2/h9,13,15H,3-8H2,1-2H3. The summed E-state index contributed by atoms with van der Waals surface area (Å²) in [6.45, 7) is 3.93. The van der Waals surface area contributed by atoms with Crippen LogP contribution >= 0.6 is 0 Å². The van der Waals surface area contributed by atoms with Gasteiger partial charge in [-0.1, -0.05) is 0 Å². The second-order valence-electron chi connectivity index (χ2n) is 4.64. The Hall–Kier alpha value is -1.76. The van der Waals surface area contributed by atoms with E-state index in [-0.39, 0.29) is 31.3 Å². The Morgan fingerprint density at radius 2 is 1.95 bits per heavy atom. The van der Waals surface area contributed by atoms with Crippen molar-refractivity contribution in [1.82, 2.24) is 0 Å². The molecule has 7 heteroatoms. The largest absolute Gasteiger partial charge is 0.466 e. The number of ether oxygens (including phenoxy) is 3. The van der Waals surface area contributed by atoms with Crippen LogP contribution in [0.25, 0.3) is 0 Å². The van der Waals surface area contributed by atoms with E-state index in [4.69, 9.17) is 19.6 Å². The van der Waals surface area contributed by atoms with E-state index in [9.17, 15) is 14.4 Å². The lowest BCUT2D eigenvalue weighted by Crippen LogP contribution is -2.47. The lowest BCUT2D eigenvalue weighted by Gasteiger charge is -2.27. The first-order valence-electron chi connectivity index (χ1n) is 7.07. The van der Waals surface area contributed by atoms with Crippen LogP contribution in [0, 0.1) is 11.3 Å². The Bertz CT molecular complexity index is 418. The predicted molar refractivity (Wildman–Crippen MR) is 73.1 cm³/mol. The van der Waals surface area contributed by atoms with Crippen LogP contribution in [0.3, 0.4) is 0 Å². The molecule has 118 valence electrons. The molecule has 1 rings (SSSR count). The van der Waals surface area contributed by atoms with E-state index in [2.05, 4.69) is 0 Å². The Morgan fingerprint density at radius 3 is 2.57 bits per heavy atom. The molecular formula is C14H21NO6. The zero-order chi connectivity index (χ0) is 15.8. The SMILES string of the molecule is CCOC(=O)CCCC1COC(C(=O)OCC)C(=N)C1=O. The van der Waals surface area contributed by atoms with Crippen molar-refractivity contribution in [2.24, 2.45) is 5.92 Å². The third-order valence-electron chi connectivity index (χ3n) is 3.10. The molecule has 0 aromatic heterocycles. The topological polar surface area (TPSA) is 103 Å². The highest BCUT2D eigenvalue weighted by molar-refractivity contribution is 6.44. The van der Waals surface area contributed by atoms with E-state index in [1.165, 1.54) is 0 Å². The molecule has 0 aromatic carbocycles. The number of carbonyl (C=O) groups is 3. The molecule has 2 atom stereocenters. The van der Waals surface area contributed by atoms with E-state index in [0.717, 1.165) is 0 Å². The third kappa shape index (κ3) is 4.93. The minimum Gasteiger partial charge on any atom is -0.466 e. The number of hydrogen-bond acceptors (Lipinski definition) is 7. The molecule has 0 radical (unpaired) electrons. The van der Waals surface area contributed by atoms with E-state index < -0.39 is 23.8 Å². The van der Waals surface area contributed by atoms with Crippen LogP contribution in [-0.2, 0) is 28.6 Å². The highest BCUT2D eigenvalue weighted by Crippen LogP contribution is 2.19. The van der Waals surface area contributed by atoms with Gasteiger partial charge in [0, 0.05) is 12.3 Å². The number of ketones is 1. The smallest absolute Gasteiger partial charge is 0.341 e. The lowest BCUT2D eigenvalue weighted by atomic mass is 9.90. The highest BCUT2D eigenvalue weighted by atomic mass is 16.6. The van der Waals surface area contributed by atoms with Crippen LogP contribution in [-0.4, -0.2) is 49.4 Å². The van der Waals surface area contributed by atoms with Gasteiger partial charge in [-0.2, -0.15) is 0 Å². The molecule has 21 heavy (non-hydrogen) atoms. The van der Waals surface area contributed by atoms with Crippen molar-refractivity contribution in [1.29, 1.82) is 5.41 Å². The molecule has 1 aliphatic heterocycles. The number of esters is 2. The second-order valence-corrected chi connectivity index (χ2v) is 4.64. The number of rotatable bonds is 7. The zero-order valence-electron chi connectivity index (χ0n) is 12.3. The summed E-state index contributed by atoms with van der Waals surface area (Å²) in [6.07, 6.45) is -0.0867. The number of Topliss-reactive ketones (excluding diaryl/α,β-unsaturated/α-hetero) is 1. The van der Waals surface area contributed by atoms with E-state index in [0.29, 0.717) is 19.4 Å². The minimum atomic E-state index is -1.22. The summed E-state index contributed by atoms with van der Waals surface area (Å²) in [5, 5.41) is 7.71. The number of nitrogens with one attached hydrogen (secondary N) is 1. The van der Waals surface area contributed by atoms with Crippen molar-refractivity contribution < 1.29 is 28.6 Å². The highest BCUT2D eigenvalue weighted by Gasteiger charge is 2.39. The van der Waals surface area contributed by atoms with Crippen molar-refractivity contribution >= 4 is 23.4 Å². The minimum absolute atomic E-state index is 0.0630. The van der Waals surface area contributed by atoms with Crippen molar-refractivity contribution in [2.75, 3.05) is 19.8 Å². The Morgan fingerprint density at radius 1 is 1.29 bits per heavy atom. The van der Waals surface area contributed by atoms with Gasteiger partial charge in [0.15, 0.2) is 11.9 Å². The van der Waals surface area contributed by atoms with Gasteiger partial charge in [0.2, 0.25) is 0 Å². The Labute approximate surface area is 123 Å². The van der Waals surface area contributed by atoms with Gasteiger partial charge in [0.05, 0.1) is 19.8 Å². The summed E-state index contributed by atoms with van der Waals surface area (Å²) in [5.74, 6) is -1.91. The molecule has 0 spiro atoms. The molecule has 2 unspecified atom stereocenters. The molecule has 7 nitrogen and oxygen atoms in total. The molecular weight excluding hydrogens is 278 g/mol. The van der Waals surface area contributed by atoms with Crippen molar-refractivity contribution in [3.63, 3.8) is 0 Å². The summed E-state index contributed by atoms with van der Waals surface area (Å²) < 4.78 is 14.8. The summed E-state index contributed by atoms with van der Waals surface area (Å²) >= 11 is 0. The maximum absolute atomic E-state index is 12.0. The molecule has 1 aliphatic rings. The van der Waals surface area contributed by atoms with E-state index >= 15 is 0 Å². The monoisotopic (exact) mass is 299 g/mol. The molecule has 0 aromatic rings. The van der Waals surface area contributed by atoms with Crippen LogP contribution in [0.4, 0.5) is 0 Å². The fourth-order valence-corrected chi connectivity index (χ4v) is 2.06. The Kier molecular flexibility index (Phi) is 7.01. The summed E-state index contributed by atoms with van der Waals surface area (Å²) in [4.78, 5) is 34.8.